The van der Waals surface area contributed by atoms with Crippen LogP contribution in [0.4, 0.5) is 0 Å². The highest BCUT2D eigenvalue weighted by Gasteiger charge is 2.12. The summed E-state index contributed by atoms with van der Waals surface area (Å²) in [6.45, 7) is 14.6. The number of aromatic amines is 1. The molecule has 0 fully saturated rings. The van der Waals surface area contributed by atoms with Gasteiger partial charge in [-0.1, -0.05) is 12.1 Å². The number of para-hydroxylation sites is 2. The van der Waals surface area contributed by atoms with E-state index < -0.39 is 0 Å². The Morgan fingerprint density at radius 3 is 2.50 bits per heavy atom. The SMILES string of the molecule is CCNC(=NCCCc1nc2ccccc2[nH]1)NCCN(C(C)C)C(C)C.I. The van der Waals surface area contributed by atoms with E-state index in [-0.39, 0.29) is 24.0 Å². The number of fused-ring (bicyclic) bond motifs is 1. The molecule has 0 atom stereocenters. The van der Waals surface area contributed by atoms with Crippen molar-refractivity contribution in [2.24, 2.45) is 4.99 Å². The smallest absolute Gasteiger partial charge is 0.191 e. The van der Waals surface area contributed by atoms with Crippen LogP contribution in [-0.4, -0.2) is 59.1 Å². The average Bonchev–Trinajstić information content (AvgIpc) is 3.04. The fourth-order valence-corrected chi connectivity index (χ4v) is 3.32. The lowest BCUT2D eigenvalue weighted by Gasteiger charge is -2.30. The van der Waals surface area contributed by atoms with Gasteiger partial charge in [-0.3, -0.25) is 9.89 Å². The summed E-state index contributed by atoms with van der Waals surface area (Å²) in [5, 5.41) is 6.79. The van der Waals surface area contributed by atoms with Crippen LogP contribution in [0.2, 0.25) is 0 Å². The van der Waals surface area contributed by atoms with E-state index in [0.717, 1.165) is 61.8 Å². The van der Waals surface area contributed by atoms with Crippen LogP contribution < -0.4 is 10.6 Å². The van der Waals surface area contributed by atoms with Gasteiger partial charge < -0.3 is 15.6 Å². The summed E-state index contributed by atoms with van der Waals surface area (Å²) in [6.07, 6.45) is 1.88. The van der Waals surface area contributed by atoms with E-state index in [1.54, 1.807) is 0 Å². The van der Waals surface area contributed by atoms with Crippen molar-refractivity contribution >= 4 is 41.0 Å². The molecule has 2 rings (SSSR count). The summed E-state index contributed by atoms with van der Waals surface area (Å²) in [5.74, 6) is 1.93. The maximum absolute atomic E-state index is 4.70. The minimum atomic E-state index is 0. The highest BCUT2D eigenvalue weighted by atomic mass is 127. The van der Waals surface area contributed by atoms with Gasteiger partial charge in [-0.2, -0.15) is 0 Å². The molecule has 2 aromatic rings. The van der Waals surface area contributed by atoms with E-state index in [1.807, 2.05) is 18.2 Å². The fraction of sp³-hybridized carbons (Fsp3) is 0.619. The van der Waals surface area contributed by atoms with Crippen molar-refractivity contribution in [1.29, 1.82) is 0 Å². The van der Waals surface area contributed by atoms with E-state index in [4.69, 9.17) is 4.99 Å². The molecule has 7 heteroatoms. The van der Waals surface area contributed by atoms with Gasteiger partial charge in [0.1, 0.15) is 5.82 Å². The van der Waals surface area contributed by atoms with Gasteiger partial charge in [0, 0.05) is 44.7 Å². The van der Waals surface area contributed by atoms with E-state index in [0.29, 0.717) is 12.1 Å². The minimum absolute atomic E-state index is 0. The molecule has 0 amide bonds. The topological polar surface area (TPSA) is 68.3 Å². The molecule has 158 valence electrons. The van der Waals surface area contributed by atoms with E-state index in [1.165, 1.54) is 0 Å². The fourth-order valence-electron chi connectivity index (χ4n) is 3.32. The summed E-state index contributed by atoms with van der Waals surface area (Å²) in [7, 11) is 0. The number of imidazole rings is 1. The van der Waals surface area contributed by atoms with Crippen molar-refractivity contribution < 1.29 is 0 Å². The Kier molecular flexibility index (Phi) is 11.4. The Morgan fingerprint density at radius 2 is 1.86 bits per heavy atom. The largest absolute Gasteiger partial charge is 0.357 e. The van der Waals surface area contributed by atoms with Crippen LogP contribution in [0.1, 0.15) is 46.9 Å². The Labute approximate surface area is 187 Å². The highest BCUT2D eigenvalue weighted by molar-refractivity contribution is 14.0. The molecule has 1 aromatic heterocycles. The van der Waals surface area contributed by atoms with Crippen molar-refractivity contribution in [2.75, 3.05) is 26.2 Å². The van der Waals surface area contributed by atoms with E-state index >= 15 is 0 Å². The van der Waals surface area contributed by atoms with Crippen LogP contribution in [0, 0.1) is 0 Å². The van der Waals surface area contributed by atoms with Gasteiger partial charge in [0.05, 0.1) is 11.0 Å². The normalized spacial score (nSPS) is 12.1. The maximum Gasteiger partial charge on any atom is 0.191 e. The first-order chi connectivity index (χ1) is 13.0. The second kappa shape index (κ2) is 13.0. The molecule has 28 heavy (non-hydrogen) atoms. The number of aliphatic imine (C=N–C) groups is 1. The molecule has 0 bridgehead atoms. The zero-order valence-electron chi connectivity index (χ0n) is 18.0. The van der Waals surface area contributed by atoms with Crippen molar-refractivity contribution in [3.05, 3.63) is 30.1 Å². The summed E-state index contributed by atoms with van der Waals surface area (Å²) in [5.41, 5.74) is 2.14. The molecule has 1 aromatic carbocycles. The molecule has 0 aliphatic heterocycles. The molecule has 0 unspecified atom stereocenters. The third kappa shape index (κ3) is 7.95. The molecule has 0 saturated carbocycles. The second-order valence-corrected chi connectivity index (χ2v) is 7.42. The number of aromatic nitrogens is 2. The Morgan fingerprint density at radius 1 is 1.14 bits per heavy atom. The Balaban J connectivity index is 0.00000392. The minimum Gasteiger partial charge on any atom is -0.357 e. The van der Waals surface area contributed by atoms with Crippen LogP contribution in [0.15, 0.2) is 29.3 Å². The van der Waals surface area contributed by atoms with Crippen LogP contribution in [0.5, 0.6) is 0 Å². The Bertz CT molecular complexity index is 669. The zero-order chi connectivity index (χ0) is 19.6. The average molecular weight is 500 g/mol. The van der Waals surface area contributed by atoms with Gasteiger partial charge in [0.15, 0.2) is 5.96 Å². The van der Waals surface area contributed by atoms with Crippen LogP contribution >= 0.6 is 24.0 Å². The lowest BCUT2D eigenvalue weighted by molar-refractivity contribution is 0.178. The lowest BCUT2D eigenvalue weighted by atomic mass is 10.2. The molecular formula is C21H37IN6. The standard InChI is InChI=1S/C21H36N6.HI/c1-6-22-21(24-14-15-27(16(2)3)17(4)5)23-13-9-12-20-25-18-10-7-8-11-19(18)26-20;/h7-8,10-11,16-17H,6,9,12-15H2,1-5H3,(H,25,26)(H2,22,23,24);1H. The zero-order valence-corrected chi connectivity index (χ0v) is 20.3. The van der Waals surface area contributed by atoms with Crippen LogP contribution in [0.3, 0.4) is 0 Å². The first kappa shape index (κ1) is 24.7. The molecule has 0 saturated heterocycles. The summed E-state index contributed by atoms with van der Waals surface area (Å²) < 4.78 is 0. The highest BCUT2D eigenvalue weighted by Crippen LogP contribution is 2.11. The second-order valence-electron chi connectivity index (χ2n) is 7.42. The number of hydrogen-bond donors (Lipinski definition) is 3. The van der Waals surface area contributed by atoms with Gasteiger partial charge in [0.25, 0.3) is 0 Å². The van der Waals surface area contributed by atoms with Crippen molar-refractivity contribution in [3.8, 4) is 0 Å². The van der Waals surface area contributed by atoms with Gasteiger partial charge >= 0.3 is 0 Å². The molecule has 0 spiro atoms. The number of hydrogen-bond acceptors (Lipinski definition) is 3. The number of halogens is 1. The maximum atomic E-state index is 4.70. The number of rotatable bonds is 10. The van der Waals surface area contributed by atoms with Gasteiger partial charge in [-0.05, 0) is 53.2 Å². The number of H-pyrrole nitrogens is 1. The van der Waals surface area contributed by atoms with E-state index in [2.05, 4.69) is 66.2 Å². The monoisotopic (exact) mass is 500 g/mol. The van der Waals surface area contributed by atoms with Crippen LogP contribution in [-0.2, 0) is 6.42 Å². The predicted molar refractivity (Wildman–Crippen MR) is 131 cm³/mol. The molecule has 3 N–H and O–H groups in total. The first-order valence-corrected chi connectivity index (χ1v) is 10.2. The molecule has 0 aliphatic carbocycles. The van der Waals surface area contributed by atoms with Crippen LogP contribution in [0.25, 0.3) is 11.0 Å². The van der Waals surface area contributed by atoms with Crippen molar-refractivity contribution in [1.82, 2.24) is 25.5 Å². The molecule has 0 radical (unpaired) electrons. The summed E-state index contributed by atoms with van der Waals surface area (Å²) in [6, 6.07) is 9.26. The third-order valence-electron chi connectivity index (χ3n) is 4.61. The third-order valence-corrected chi connectivity index (χ3v) is 4.61. The summed E-state index contributed by atoms with van der Waals surface area (Å²) in [4.78, 5) is 15.2. The van der Waals surface area contributed by atoms with Gasteiger partial charge in [-0.25, -0.2) is 4.98 Å². The summed E-state index contributed by atoms with van der Waals surface area (Å²) >= 11 is 0. The Hall–Kier alpha value is -1.35. The number of nitrogens with zero attached hydrogens (tertiary/aromatic N) is 3. The van der Waals surface area contributed by atoms with Gasteiger partial charge in [0.2, 0.25) is 0 Å². The van der Waals surface area contributed by atoms with E-state index in [9.17, 15) is 0 Å². The number of benzene rings is 1. The molecule has 1 heterocycles. The first-order valence-electron chi connectivity index (χ1n) is 10.2. The quantitative estimate of drug-likeness (QED) is 0.201. The number of guanidine groups is 1. The van der Waals surface area contributed by atoms with Gasteiger partial charge in [-0.15, -0.1) is 24.0 Å². The number of nitrogens with one attached hydrogen (secondary N) is 3. The number of aryl methyl sites for hydroxylation is 1. The molecule has 6 nitrogen and oxygen atoms in total. The predicted octanol–water partition coefficient (Wildman–Crippen LogP) is 3.79. The molecule has 0 aliphatic rings. The van der Waals surface area contributed by atoms with Crippen molar-refractivity contribution in [3.63, 3.8) is 0 Å². The lowest BCUT2D eigenvalue weighted by Crippen LogP contribution is -2.45. The molecular weight excluding hydrogens is 463 g/mol. The van der Waals surface area contributed by atoms with Crippen molar-refractivity contribution in [2.45, 2.75) is 59.5 Å².